The van der Waals surface area contributed by atoms with Crippen LogP contribution in [0.3, 0.4) is 0 Å². The number of nitrogens with zero attached hydrogens (tertiary/aromatic N) is 2. The van der Waals surface area contributed by atoms with E-state index < -0.39 is 0 Å². The topological polar surface area (TPSA) is 45.2 Å². The number of ether oxygens (including phenoxy) is 2. The van der Waals surface area contributed by atoms with Gasteiger partial charge in [0.05, 0.1) is 6.10 Å². The van der Waals surface area contributed by atoms with Gasteiger partial charge in [-0.15, -0.1) is 11.3 Å². The van der Waals surface area contributed by atoms with Crippen LogP contribution in [0.25, 0.3) is 0 Å². The SMILES string of the molecule is OC(c1cccs1)C1CCN(C2CCN(c3ccc4c(c3)OCO4)CC2)CC1. The molecule has 0 amide bonds. The summed E-state index contributed by atoms with van der Waals surface area (Å²) in [7, 11) is 0. The second-order valence-electron chi connectivity index (χ2n) is 8.09. The van der Waals surface area contributed by atoms with Crippen molar-refractivity contribution in [3.05, 3.63) is 40.6 Å². The highest BCUT2D eigenvalue weighted by atomic mass is 32.1. The Morgan fingerprint density at radius 3 is 2.50 bits per heavy atom. The van der Waals surface area contributed by atoms with E-state index in [1.807, 2.05) is 12.1 Å². The van der Waals surface area contributed by atoms with Crippen molar-refractivity contribution >= 4 is 17.0 Å². The first-order valence-corrected chi connectivity index (χ1v) is 11.3. The summed E-state index contributed by atoms with van der Waals surface area (Å²) in [6.07, 6.45) is 4.32. The molecule has 6 heteroatoms. The van der Waals surface area contributed by atoms with Gasteiger partial charge in [0.25, 0.3) is 0 Å². The molecule has 3 aliphatic heterocycles. The molecule has 3 aliphatic rings. The number of benzene rings is 1. The Morgan fingerprint density at radius 2 is 1.75 bits per heavy atom. The highest BCUT2D eigenvalue weighted by Gasteiger charge is 2.31. The van der Waals surface area contributed by atoms with Gasteiger partial charge in [0, 0.05) is 35.8 Å². The van der Waals surface area contributed by atoms with Crippen molar-refractivity contribution in [2.75, 3.05) is 37.9 Å². The van der Waals surface area contributed by atoms with E-state index in [9.17, 15) is 5.11 Å². The van der Waals surface area contributed by atoms with E-state index in [4.69, 9.17) is 9.47 Å². The fraction of sp³-hybridized carbons (Fsp3) is 0.545. The van der Waals surface area contributed by atoms with Gasteiger partial charge in [-0.1, -0.05) is 6.07 Å². The molecule has 2 aromatic rings. The molecule has 150 valence electrons. The van der Waals surface area contributed by atoms with Crippen molar-refractivity contribution in [2.24, 2.45) is 5.92 Å². The fourth-order valence-corrected chi connectivity index (χ4v) is 5.67. The minimum Gasteiger partial charge on any atom is -0.454 e. The summed E-state index contributed by atoms with van der Waals surface area (Å²) in [6.45, 7) is 4.73. The van der Waals surface area contributed by atoms with Crippen LogP contribution in [0.5, 0.6) is 11.5 Å². The van der Waals surface area contributed by atoms with Gasteiger partial charge in [-0.3, -0.25) is 0 Å². The molecule has 1 atom stereocenters. The highest BCUT2D eigenvalue weighted by Crippen LogP contribution is 2.37. The molecule has 1 aromatic heterocycles. The Morgan fingerprint density at radius 1 is 0.964 bits per heavy atom. The van der Waals surface area contributed by atoms with Crippen molar-refractivity contribution in [1.29, 1.82) is 0 Å². The zero-order valence-corrected chi connectivity index (χ0v) is 16.9. The first kappa shape index (κ1) is 18.3. The van der Waals surface area contributed by atoms with Crippen LogP contribution in [0.1, 0.15) is 36.7 Å². The Hall–Kier alpha value is -1.76. The van der Waals surface area contributed by atoms with Crippen molar-refractivity contribution in [1.82, 2.24) is 4.90 Å². The molecule has 1 aromatic carbocycles. The largest absolute Gasteiger partial charge is 0.454 e. The van der Waals surface area contributed by atoms with E-state index in [0.29, 0.717) is 18.8 Å². The maximum atomic E-state index is 10.6. The van der Waals surface area contributed by atoms with Crippen LogP contribution in [0.2, 0.25) is 0 Å². The van der Waals surface area contributed by atoms with E-state index in [0.717, 1.165) is 55.4 Å². The molecular weight excluding hydrogens is 372 g/mol. The third kappa shape index (κ3) is 3.61. The lowest BCUT2D eigenvalue weighted by Crippen LogP contribution is -2.48. The third-order valence-corrected chi connectivity index (χ3v) is 7.50. The average molecular weight is 401 g/mol. The molecule has 28 heavy (non-hydrogen) atoms. The van der Waals surface area contributed by atoms with Crippen LogP contribution >= 0.6 is 11.3 Å². The fourth-order valence-electron chi connectivity index (χ4n) is 4.86. The molecule has 2 fully saturated rings. The maximum Gasteiger partial charge on any atom is 0.231 e. The molecule has 5 rings (SSSR count). The molecule has 5 nitrogen and oxygen atoms in total. The minimum absolute atomic E-state index is 0.282. The number of fused-ring (bicyclic) bond motifs is 1. The van der Waals surface area contributed by atoms with Crippen LogP contribution in [-0.2, 0) is 0 Å². The normalized spacial score (nSPS) is 22.5. The number of piperidine rings is 2. The number of thiophene rings is 1. The minimum atomic E-state index is -0.282. The summed E-state index contributed by atoms with van der Waals surface area (Å²) in [4.78, 5) is 6.25. The highest BCUT2D eigenvalue weighted by molar-refractivity contribution is 7.10. The van der Waals surface area contributed by atoms with E-state index in [-0.39, 0.29) is 6.10 Å². The van der Waals surface area contributed by atoms with E-state index in [1.54, 1.807) is 11.3 Å². The lowest BCUT2D eigenvalue weighted by atomic mass is 9.88. The van der Waals surface area contributed by atoms with Gasteiger partial charge in [-0.05, 0) is 68.3 Å². The van der Waals surface area contributed by atoms with Crippen LogP contribution in [0.15, 0.2) is 35.7 Å². The predicted molar refractivity (Wildman–Crippen MR) is 111 cm³/mol. The Kier molecular flexibility index (Phi) is 5.18. The van der Waals surface area contributed by atoms with E-state index in [2.05, 4.69) is 33.4 Å². The van der Waals surface area contributed by atoms with E-state index in [1.165, 1.54) is 18.5 Å². The first-order valence-electron chi connectivity index (χ1n) is 10.4. The molecule has 0 bridgehead atoms. The molecular formula is C22H28N2O3S. The van der Waals surface area contributed by atoms with Crippen LogP contribution in [-0.4, -0.2) is 49.0 Å². The van der Waals surface area contributed by atoms with Crippen LogP contribution in [0.4, 0.5) is 5.69 Å². The Labute approximate surface area is 170 Å². The summed E-state index contributed by atoms with van der Waals surface area (Å²) in [6, 6.07) is 11.0. The maximum absolute atomic E-state index is 10.6. The van der Waals surface area contributed by atoms with E-state index >= 15 is 0 Å². The monoisotopic (exact) mass is 400 g/mol. The van der Waals surface area contributed by atoms with Crippen molar-refractivity contribution in [3.63, 3.8) is 0 Å². The second-order valence-corrected chi connectivity index (χ2v) is 9.07. The quantitative estimate of drug-likeness (QED) is 0.844. The lowest BCUT2D eigenvalue weighted by Gasteiger charge is -2.43. The van der Waals surface area contributed by atoms with Gasteiger partial charge < -0.3 is 24.4 Å². The van der Waals surface area contributed by atoms with Crippen molar-refractivity contribution < 1.29 is 14.6 Å². The molecule has 0 aliphatic carbocycles. The first-order chi connectivity index (χ1) is 13.8. The Balaban J connectivity index is 1.13. The number of likely N-dealkylation sites (tertiary alicyclic amines) is 1. The molecule has 1 unspecified atom stereocenters. The van der Waals surface area contributed by atoms with Gasteiger partial charge in [-0.25, -0.2) is 0 Å². The lowest BCUT2D eigenvalue weighted by molar-refractivity contribution is 0.0422. The van der Waals surface area contributed by atoms with Crippen LogP contribution < -0.4 is 14.4 Å². The molecule has 0 saturated carbocycles. The number of hydrogen-bond donors (Lipinski definition) is 1. The van der Waals surface area contributed by atoms with Crippen molar-refractivity contribution in [2.45, 2.75) is 37.8 Å². The summed E-state index contributed by atoms with van der Waals surface area (Å²) < 4.78 is 10.9. The molecule has 0 spiro atoms. The smallest absolute Gasteiger partial charge is 0.231 e. The summed E-state index contributed by atoms with van der Waals surface area (Å²) in [5, 5.41) is 12.7. The van der Waals surface area contributed by atoms with Gasteiger partial charge in [0.15, 0.2) is 11.5 Å². The van der Waals surface area contributed by atoms with Crippen molar-refractivity contribution in [3.8, 4) is 11.5 Å². The van der Waals surface area contributed by atoms with Gasteiger partial charge >= 0.3 is 0 Å². The van der Waals surface area contributed by atoms with Crippen LogP contribution in [0, 0.1) is 5.92 Å². The standard InChI is InChI=1S/C22H28N2O3S/c25-22(21-2-1-13-28-21)16-5-9-23(10-6-16)17-7-11-24(12-8-17)18-3-4-19-20(14-18)27-15-26-19/h1-4,13-14,16-17,22,25H,5-12,15H2. The molecule has 2 saturated heterocycles. The number of aliphatic hydroxyl groups is 1. The van der Waals surface area contributed by atoms with Gasteiger partial charge in [0.1, 0.15) is 0 Å². The second kappa shape index (κ2) is 7.93. The van der Waals surface area contributed by atoms with Gasteiger partial charge in [0.2, 0.25) is 6.79 Å². The summed E-state index contributed by atoms with van der Waals surface area (Å²) in [5.41, 5.74) is 1.24. The summed E-state index contributed by atoms with van der Waals surface area (Å²) >= 11 is 1.67. The number of hydrogen-bond acceptors (Lipinski definition) is 6. The number of aliphatic hydroxyl groups excluding tert-OH is 1. The third-order valence-electron chi connectivity index (χ3n) is 6.56. The molecule has 1 N–H and O–H groups in total. The zero-order chi connectivity index (χ0) is 18.9. The summed E-state index contributed by atoms with van der Waals surface area (Å²) in [5.74, 6) is 2.13. The Bertz CT molecular complexity index is 781. The van der Waals surface area contributed by atoms with Gasteiger partial charge in [-0.2, -0.15) is 0 Å². The average Bonchev–Trinajstić information content (AvgIpc) is 3.45. The molecule has 0 radical (unpaired) electrons. The number of rotatable bonds is 4. The zero-order valence-electron chi connectivity index (χ0n) is 16.1. The molecule has 4 heterocycles. The number of anilines is 1. The predicted octanol–water partition coefficient (Wildman–Crippen LogP) is 3.89.